The van der Waals surface area contributed by atoms with Gasteiger partial charge in [0.2, 0.25) is 0 Å². The monoisotopic (exact) mass is 271 g/mol. The van der Waals surface area contributed by atoms with Crippen molar-refractivity contribution >= 4 is 12.0 Å². The highest BCUT2D eigenvalue weighted by Crippen LogP contribution is 2.35. The molecule has 2 aliphatic rings. The second-order valence-electron chi connectivity index (χ2n) is 5.82. The largest absolute Gasteiger partial charge is 0.459 e. The Morgan fingerprint density at radius 2 is 1.85 bits per heavy atom. The number of hydrogen-bond acceptors (Lipinski definition) is 3. The first kappa shape index (κ1) is 13.4. The average molecular weight is 271 g/mol. The fraction of sp³-hybridized carbons (Fsp3) is 0.471. The molecule has 1 aromatic rings. The van der Waals surface area contributed by atoms with E-state index in [9.17, 15) is 4.79 Å². The van der Waals surface area contributed by atoms with Crippen molar-refractivity contribution < 1.29 is 9.53 Å². The molecule has 2 aliphatic heterocycles. The fourth-order valence-electron chi connectivity index (χ4n) is 3.39. The lowest BCUT2D eigenvalue weighted by atomic mass is 10.0. The van der Waals surface area contributed by atoms with Gasteiger partial charge in [-0.15, -0.1) is 0 Å². The SMILES string of the molecule is CN1[C@H]2CC[C@H]1CC(OC(=O)/C=C\c1ccccc1)C2. The zero-order valence-electron chi connectivity index (χ0n) is 11.9. The van der Waals surface area contributed by atoms with Crippen molar-refractivity contribution in [3.63, 3.8) is 0 Å². The number of ether oxygens (including phenoxy) is 1. The van der Waals surface area contributed by atoms with Crippen molar-refractivity contribution in [3.8, 4) is 0 Å². The van der Waals surface area contributed by atoms with Gasteiger partial charge in [-0.25, -0.2) is 4.79 Å². The van der Waals surface area contributed by atoms with E-state index < -0.39 is 0 Å². The van der Waals surface area contributed by atoms with Crippen molar-refractivity contribution in [2.24, 2.45) is 0 Å². The van der Waals surface area contributed by atoms with E-state index in [4.69, 9.17) is 4.74 Å². The minimum Gasteiger partial charge on any atom is -0.459 e. The van der Waals surface area contributed by atoms with Crippen LogP contribution in [-0.4, -0.2) is 36.1 Å². The van der Waals surface area contributed by atoms with Gasteiger partial charge in [0.15, 0.2) is 0 Å². The van der Waals surface area contributed by atoms with E-state index in [-0.39, 0.29) is 12.1 Å². The number of benzene rings is 1. The van der Waals surface area contributed by atoms with Crippen molar-refractivity contribution in [2.45, 2.75) is 43.9 Å². The Morgan fingerprint density at radius 3 is 2.50 bits per heavy atom. The lowest BCUT2D eigenvalue weighted by Gasteiger charge is -2.35. The summed E-state index contributed by atoms with van der Waals surface area (Å²) in [5.74, 6) is -0.220. The van der Waals surface area contributed by atoms with E-state index in [1.807, 2.05) is 36.4 Å². The van der Waals surface area contributed by atoms with Gasteiger partial charge in [-0.3, -0.25) is 0 Å². The second kappa shape index (κ2) is 5.80. The first-order chi connectivity index (χ1) is 9.72. The van der Waals surface area contributed by atoms with Gasteiger partial charge >= 0.3 is 5.97 Å². The maximum Gasteiger partial charge on any atom is 0.331 e. The molecule has 0 aliphatic carbocycles. The number of carbonyl (C=O) groups excluding carboxylic acids is 1. The van der Waals surface area contributed by atoms with Crippen LogP contribution < -0.4 is 0 Å². The van der Waals surface area contributed by atoms with Crippen molar-refractivity contribution in [1.82, 2.24) is 4.90 Å². The van der Waals surface area contributed by atoms with E-state index in [2.05, 4.69) is 11.9 Å². The zero-order valence-corrected chi connectivity index (χ0v) is 11.9. The van der Waals surface area contributed by atoms with Gasteiger partial charge in [0.05, 0.1) is 0 Å². The maximum atomic E-state index is 11.9. The van der Waals surface area contributed by atoms with Crippen LogP contribution in [0.15, 0.2) is 36.4 Å². The molecule has 0 saturated carbocycles. The summed E-state index contributed by atoms with van der Waals surface area (Å²) in [5.41, 5.74) is 1.02. The first-order valence-corrected chi connectivity index (χ1v) is 7.38. The van der Waals surface area contributed by atoms with Crippen LogP contribution in [0.4, 0.5) is 0 Å². The average Bonchev–Trinajstić information content (AvgIpc) is 2.68. The number of piperidine rings is 1. The molecule has 0 radical (unpaired) electrons. The standard InChI is InChI=1S/C17H21NO2/c1-18-14-8-9-15(18)12-16(11-14)20-17(19)10-7-13-5-3-2-4-6-13/h2-7,10,14-16H,8-9,11-12H2,1H3/b10-7-/t14-,15-/m0/s1. The van der Waals surface area contributed by atoms with Crippen LogP contribution in [0.1, 0.15) is 31.2 Å². The molecule has 2 bridgehead atoms. The molecule has 1 aromatic carbocycles. The molecule has 3 heteroatoms. The molecule has 2 atom stereocenters. The molecular formula is C17H21NO2. The van der Waals surface area contributed by atoms with Crippen molar-refractivity contribution in [2.75, 3.05) is 7.05 Å². The van der Waals surface area contributed by atoms with Crippen LogP contribution in [0.5, 0.6) is 0 Å². The second-order valence-corrected chi connectivity index (χ2v) is 5.82. The molecule has 0 unspecified atom stereocenters. The molecular weight excluding hydrogens is 250 g/mol. The summed E-state index contributed by atoms with van der Waals surface area (Å²) in [6, 6.07) is 11.0. The third-order valence-electron chi connectivity index (χ3n) is 4.55. The Kier molecular flexibility index (Phi) is 3.88. The summed E-state index contributed by atoms with van der Waals surface area (Å²) >= 11 is 0. The van der Waals surface area contributed by atoms with Crippen LogP contribution in [-0.2, 0) is 9.53 Å². The predicted octanol–water partition coefficient (Wildman–Crippen LogP) is 2.87. The Bertz CT molecular complexity index is 483. The van der Waals surface area contributed by atoms with E-state index >= 15 is 0 Å². The molecule has 0 N–H and O–H groups in total. The molecule has 3 nitrogen and oxygen atoms in total. The summed E-state index contributed by atoms with van der Waals surface area (Å²) in [7, 11) is 2.19. The Hall–Kier alpha value is -1.61. The molecule has 0 amide bonds. The smallest absolute Gasteiger partial charge is 0.331 e. The lowest BCUT2D eigenvalue weighted by Crippen LogP contribution is -2.43. The third kappa shape index (κ3) is 2.93. The Morgan fingerprint density at radius 1 is 1.20 bits per heavy atom. The van der Waals surface area contributed by atoms with Crippen LogP contribution >= 0.6 is 0 Å². The highest BCUT2D eigenvalue weighted by molar-refractivity contribution is 5.87. The Balaban J connectivity index is 1.54. The molecule has 0 spiro atoms. The summed E-state index contributed by atoms with van der Waals surface area (Å²) in [6.07, 6.45) is 7.90. The minimum atomic E-state index is -0.220. The zero-order chi connectivity index (χ0) is 13.9. The van der Waals surface area contributed by atoms with Gasteiger partial charge in [0.1, 0.15) is 6.10 Å². The molecule has 0 aromatic heterocycles. The molecule has 2 heterocycles. The Labute approximate surface area is 120 Å². The van der Waals surface area contributed by atoms with Gasteiger partial charge in [-0.05, 0) is 31.5 Å². The van der Waals surface area contributed by atoms with E-state index in [1.165, 1.54) is 18.9 Å². The normalized spacial score (nSPS) is 29.8. The third-order valence-corrected chi connectivity index (χ3v) is 4.55. The lowest BCUT2D eigenvalue weighted by molar-refractivity contribution is -0.146. The van der Waals surface area contributed by atoms with Crippen LogP contribution in [0.3, 0.4) is 0 Å². The van der Waals surface area contributed by atoms with Gasteiger partial charge in [-0.1, -0.05) is 30.3 Å². The molecule has 3 rings (SSSR count). The fourth-order valence-corrected chi connectivity index (χ4v) is 3.39. The highest BCUT2D eigenvalue weighted by atomic mass is 16.5. The predicted molar refractivity (Wildman–Crippen MR) is 79.2 cm³/mol. The van der Waals surface area contributed by atoms with Gasteiger partial charge in [-0.2, -0.15) is 0 Å². The van der Waals surface area contributed by atoms with Crippen LogP contribution in [0.2, 0.25) is 0 Å². The van der Waals surface area contributed by atoms with Crippen LogP contribution in [0, 0.1) is 0 Å². The maximum absolute atomic E-state index is 11.9. The molecule has 2 fully saturated rings. The number of rotatable bonds is 3. The molecule has 2 saturated heterocycles. The van der Waals surface area contributed by atoms with Gasteiger partial charge in [0, 0.05) is 31.0 Å². The minimum absolute atomic E-state index is 0.0941. The number of fused-ring (bicyclic) bond motifs is 2. The number of hydrogen-bond donors (Lipinski definition) is 0. The van der Waals surface area contributed by atoms with Crippen molar-refractivity contribution in [1.29, 1.82) is 0 Å². The highest BCUT2D eigenvalue weighted by Gasteiger charge is 2.39. The number of carbonyl (C=O) groups is 1. The van der Waals surface area contributed by atoms with Crippen LogP contribution in [0.25, 0.3) is 6.08 Å². The van der Waals surface area contributed by atoms with E-state index in [0.29, 0.717) is 12.1 Å². The van der Waals surface area contributed by atoms with E-state index in [1.54, 1.807) is 0 Å². The summed E-state index contributed by atoms with van der Waals surface area (Å²) < 4.78 is 5.59. The molecule has 20 heavy (non-hydrogen) atoms. The van der Waals surface area contributed by atoms with Gasteiger partial charge in [0.25, 0.3) is 0 Å². The first-order valence-electron chi connectivity index (χ1n) is 7.38. The summed E-state index contributed by atoms with van der Waals surface area (Å²) in [5, 5.41) is 0. The molecule has 106 valence electrons. The van der Waals surface area contributed by atoms with E-state index in [0.717, 1.165) is 18.4 Å². The quantitative estimate of drug-likeness (QED) is 0.625. The topological polar surface area (TPSA) is 29.5 Å². The summed E-state index contributed by atoms with van der Waals surface area (Å²) in [4.78, 5) is 14.3. The van der Waals surface area contributed by atoms with Crippen molar-refractivity contribution in [3.05, 3.63) is 42.0 Å². The van der Waals surface area contributed by atoms with Gasteiger partial charge < -0.3 is 9.64 Å². The number of esters is 1. The number of nitrogens with zero attached hydrogens (tertiary/aromatic N) is 1. The summed E-state index contributed by atoms with van der Waals surface area (Å²) in [6.45, 7) is 0.